The first kappa shape index (κ1) is 17.7. The fourth-order valence-electron chi connectivity index (χ4n) is 1.95. The van der Waals surface area contributed by atoms with Gasteiger partial charge in [0.1, 0.15) is 13.2 Å². The summed E-state index contributed by atoms with van der Waals surface area (Å²) in [7, 11) is 1.39. The molecule has 0 bridgehead atoms. The first-order valence-corrected chi connectivity index (χ1v) is 7.09. The van der Waals surface area contributed by atoms with Gasteiger partial charge in [0.25, 0.3) is 5.91 Å². The van der Waals surface area contributed by atoms with Crippen LogP contribution in [0.25, 0.3) is 0 Å². The van der Waals surface area contributed by atoms with Crippen molar-refractivity contribution in [1.29, 1.82) is 0 Å². The summed E-state index contributed by atoms with van der Waals surface area (Å²) in [5.41, 5.74) is 1.01. The van der Waals surface area contributed by atoms with Crippen molar-refractivity contribution in [3.8, 4) is 11.5 Å². The Kier molecular flexibility index (Phi) is 5.68. The van der Waals surface area contributed by atoms with E-state index >= 15 is 0 Å². The molecular weight excluding hydrogens is 323 g/mol. The predicted molar refractivity (Wildman–Crippen MR) is 82.2 cm³/mol. The maximum Gasteiger partial charge on any atom is 0.405 e. The van der Waals surface area contributed by atoms with E-state index in [-0.39, 0.29) is 11.3 Å². The van der Waals surface area contributed by atoms with Gasteiger partial charge < -0.3 is 14.8 Å². The Balaban J connectivity index is 2.05. The fraction of sp³-hybridized carbons (Fsp3) is 0.235. The van der Waals surface area contributed by atoms with Crippen molar-refractivity contribution < 1.29 is 27.4 Å². The van der Waals surface area contributed by atoms with E-state index < -0.39 is 18.6 Å². The SMILES string of the molecule is COc1cc(C(=O)NCC(F)(F)F)ccc1OCc1ccccc1. The van der Waals surface area contributed by atoms with Gasteiger partial charge in [-0.25, -0.2) is 0 Å². The molecule has 7 heteroatoms. The molecule has 0 heterocycles. The molecule has 2 aromatic carbocycles. The number of carbonyl (C=O) groups is 1. The van der Waals surface area contributed by atoms with E-state index in [0.29, 0.717) is 12.4 Å². The molecule has 0 saturated carbocycles. The number of ether oxygens (including phenoxy) is 2. The van der Waals surface area contributed by atoms with Crippen LogP contribution in [0.2, 0.25) is 0 Å². The molecule has 1 amide bonds. The monoisotopic (exact) mass is 339 g/mol. The molecule has 0 radical (unpaired) electrons. The van der Waals surface area contributed by atoms with E-state index in [4.69, 9.17) is 9.47 Å². The zero-order valence-corrected chi connectivity index (χ0v) is 12.9. The summed E-state index contributed by atoms with van der Waals surface area (Å²) < 4.78 is 47.2. The molecular formula is C17H16F3NO3. The Hall–Kier alpha value is -2.70. The summed E-state index contributed by atoms with van der Waals surface area (Å²) >= 11 is 0. The zero-order valence-electron chi connectivity index (χ0n) is 12.9. The average molecular weight is 339 g/mol. The highest BCUT2D eigenvalue weighted by atomic mass is 19.4. The van der Waals surface area contributed by atoms with Crippen LogP contribution in [-0.4, -0.2) is 25.7 Å². The number of benzene rings is 2. The van der Waals surface area contributed by atoms with Crippen molar-refractivity contribution in [2.75, 3.05) is 13.7 Å². The van der Waals surface area contributed by atoms with Gasteiger partial charge in [-0.15, -0.1) is 0 Å². The molecule has 0 saturated heterocycles. The highest BCUT2D eigenvalue weighted by Gasteiger charge is 2.28. The van der Waals surface area contributed by atoms with Gasteiger partial charge in [0.2, 0.25) is 0 Å². The first-order chi connectivity index (χ1) is 11.4. The van der Waals surface area contributed by atoms with E-state index in [1.165, 1.54) is 25.3 Å². The first-order valence-electron chi connectivity index (χ1n) is 7.09. The molecule has 0 spiro atoms. The highest BCUT2D eigenvalue weighted by molar-refractivity contribution is 5.94. The van der Waals surface area contributed by atoms with Crippen molar-refractivity contribution in [2.45, 2.75) is 12.8 Å². The molecule has 2 rings (SSSR count). The minimum Gasteiger partial charge on any atom is -0.493 e. The summed E-state index contributed by atoms with van der Waals surface area (Å²) in [5, 5.41) is 1.81. The molecule has 24 heavy (non-hydrogen) atoms. The van der Waals surface area contributed by atoms with Crippen LogP contribution in [0.15, 0.2) is 48.5 Å². The number of methoxy groups -OCH3 is 1. The van der Waals surface area contributed by atoms with Crippen LogP contribution in [0.4, 0.5) is 13.2 Å². The summed E-state index contributed by atoms with van der Waals surface area (Å²) in [6, 6.07) is 13.6. The third-order valence-electron chi connectivity index (χ3n) is 3.11. The second-order valence-electron chi connectivity index (χ2n) is 4.94. The minimum atomic E-state index is -4.46. The molecule has 0 atom stereocenters. The number of carbonyl (C=O) groups excluding carboxylic acids is 1. The maximum atomic E-state index is 12.1. The second kappa shape index (κ2) is 7.72. The second-order valence-corrected chi connectivity index (χ2v) is 4.94. The van der Waals surface area contributed by atoms with Crippen LogP contribution >= 0.6 is 0 Å². The lowest BCUT2D eigenvalue weighted by Crippen LogP contribution is -2.33. The van der Waals surface area contributed by atoms with Crippen LogP contribution in [-0.2, 0) is 6.61 Å². The predicted octanol–water partition coefficient (Wildman–Crippen LogP) is 3.57. The lowest BCUT2D eigenvalue weighted by Gasteiger charge is -2.13. The Morgan fingerprint density at radius 3 is 2.42 bits per heavy atom. The summed E-state index contributed by atoms with van der Waals surface area (Å²) in [4.78, 5) is 11.7. The van der Waals surface area contributed by atoms with Crippen LogP contribution in [0.3, 0.4) is 0 Å². The quantitative estimate of drug-likeness (QED) is 0.875. The van der Waals surface area contributed by atoms with Gasteiger partial charge in [0.05, 0.1) is 7.11 Å². The largest absolute Gasteiger partial charge is 0.493 e. The molecule has 1 N–H and O–H groups in total. The van der Waals surface area contributed by atoms with Gasteiger partial charge in [-0.2, -0.15) is 13.2 Å². The maximum absolute atomic E-state index is 12.1. The normalized spacial score (nSPS) is 11.0. The molecule has 4 nitrogen and oxygen atoms in total. The Bertz CT molecular complexity index is 687. The number of hydrogen-bond acceptors (Lipinski definition) is 3. The number of alkyl halides is 3. The number of rotatable bonds is 6. The molecule has 0 aliphatic rings. The minimum absolute atomic E-state index is 0.0585. The van der Waals surface area contributed by atoms with Crippen molar-refractivity contribution in [1.82, 2.24) is 5.32 Å². The van der Waals surface area contributed by atoms with E-state index in [0.717, 1.165) is 5.56 Å². The van der Waals surface area contributed by atoms with Crippen molar-refractivity contribution in [3.05, 3.63) is 59.7 Å². The molecule has 0 aliphatic heterocycles. The van der Waals surface area contributed by atoms with Crippen molar-refractivity contribution >= 4 is 5.91 Å². The molecule has 2 aromatic rings. The van der Waals surface area contributed by atoms with E-state index in [9.17, 15) is 18.0 Å². The standard InChI is InChI=1S/C17H16F3NO3/c1-23-15-9-13(16(22)21-11-17(18,19)20)7-8-14(15)24-10-12-5-3-2-4-6-12/h2-9H,10-11H2,1H3,(H,21,22). The van der Waals surface area contributed by atoms with Crippen LogP contribution in [0, 0.1) is 0 Å². The number of hydrogen-bond donors (Lipinski definition) is 1. The Morgan fingerprint density at radius 1 is 1.08 bits per heavy atom. The third kappa shape index (κ3) is 5.19. The molecule has 0 unspecified atom stereocenters. The van der Waals surface area contributed by atoms with Gasteiger partial charge in [-0.1, -0.05) is 30.3 Å². The van der Waals surface area contributed by atoms with Gasteiger partial charge in [-0.05, 0) is 23.8 Å². The van der Waals surface area contributed by atoms with Gasteiger partial charge in [0, 0.05) is 5.56 Å². The number of amides is 1. The van der Waals surface area contributed by atoms with E-state index in [1.54, 1.807) is 0 Å². The Morgan fingerprint density at radius 2 is 1.79 bits per heavy atom. The van der Waals surface area contributed by atoms with E-state index in [2.05, 4.69) is 0 Å². The van der Waals surface area contributed by atoms with Crippen molar-refractivity contribution in [3.63, 3.8) is 0 Å². The molecule has 0 aliphatic carbocycles. The number of nitrogens with one attached hydrogen (secondary N) is 1. The van der Waals surface area contributed by atoms with Crippen LogP contribution in [0.1, 0.15) is 15.9 Å². The third-order valence-corrected chi connectivity index (χ3v) is 3.11. The zero-order chi connectivity index (χ0) is 17.6. The Labute approximate surface area is 137 Å². The molecule has 128 valence electrons. The van der Waals surface area contributed by atoms with Gasteiger partial charge in [0.15, 0.2) is 11.5 Å². The van der Waals surface area contributed by atoms with Crippen LogP contribution in [0.5, 0.6) is 11.5 Å². The number of halogens is 3. The van der Waals surface area contributed by atoms with Crippen molar-refractivity contribution in [2.24, 2.45) is 0 Å². The van der Waals surface area contributed by atoms with Gasteiger partial charge >= 0.3 is 6.18 Å². The highest BCUT2D eigenvalue weighted by Crippen LogP contribution is 2.29. The lowest BCUT2D eigenvalue weighted by atomic mass is 10.2. The smallest absolute Gasteiger partial charge is 0.405 e. The summed E-state index contributed by atoms with van der Waals surface area (Å²) in [5.74, 6) is -0.167. The van der Waals surface area contributed by atoms with Gasteiger partial charge in [-0.3, -0.25) is 4.79 Å². The summed E-state index contributed by atoms with van der Waals surface area (Å²) in [6.07, 6.45) is -4.46. The lowest BCUT2D eigenvalue weighted by molar-refractivity contribution is -0.123. The van der Waals surface area contributed by atoms with Crippen LogP contribution < -0.4 is 14.8 Å². The van der Waals surface area contributed by atoms with E-state index in [1.807, 2.05) is 35.6 Å². The average Bonchev–Trinajstić information content (AvgIpc) is 2.58. The molecule has 0 fully saturated rings. The molecule has 0 aromatic heterocycles. The topological polar surface area (TPSA) is 47.6 Å². The fourth-order valence-corrected chi connectivity index (χ4v) is 1.95. The summed E-state index contributed by atoms with van der Waals surface area (Å²) in [6.45, 7) is -1.09.